The van der Waals surface area contributed by atoms with Gasteiger partial charge in [-0.25, -0.2) is 15.0 Å². The van der Waals surface area contributed by atoms with Crippen LogP contribution < -0.4 is 20.3 Å². The van der Waals surface area contributed by atoms with E-state index in [1.165, 1.54) is 5.56 Å². The first-order valence-electron chi connectivity index (χ1n) is 16.3. The third kappa shape index (κ3) is 7.21. The number of H-pyrrole nitrogens is 1. The number of rotatable bonds is 11. The van der Waals surface area contributed by atoms with Crippen molar-refractivity contribution in [2.75, 3.05) is 42.2 Å². The van der Waals surface area contributed by atoms with Crippen LogP contribution in [-0.2, 0) is 18.4 Å². The summed E-state index contributed by atoms with van der Waals surface area (Å²) in [5.74, 6) is 2.18. The van der Waals surface area contributed by atoms with Crippen LogP contribution in [0, 0.1) is 13.8 Å². The van der Waals surface area contributed by atoms with E-state index >= 15 is 0 Å². The second kappa shape index (κ2) is 13.7. The lowest BCUT2D eigenvalue weighted by Crippen LogP contribution is -2.33. The van der Waals surface area contributed by atoms with Gasteiger partial charge in [-0.1, -0.05) is 42.5 Å². The van der Waals surface area contributed by atoms with Crippen LogP contribution in [0.3, 0.4) is 0 Å². The lowest BCUT2D eigenvalue weighted by atomic mass is 10.1. The molecule has 0 aliphatic carbocycles. The number of ether oxygens (including phenoxy) is 1. The summed E-state index contributed by atoms with van der Waals surface area (Å²) in [5, 5.41) is 11.7. The van der Waals surface area contributed by atoms with Crippen LogP contribution in [0.15, 0.2) is 79.3 Å². The van der Waals surface area contributed by atoms with Crippen LogP contribution in [0.1, 0.15) is 23.2 Å². The van der Waals surface area contributed by atoms with Gasteiger partial charge in [0.05, 0.1) is 23.4 Å². The fourth-order valence-electron chi connectivity index (χ4n) is 6.08. The highest BCUT2D eigenvalue weighted by Crippen LogP contribution is 2.33. The molecule has 1 saturated heterocycles. The molecule has 0 bridgehead atoms. The Labute approximate surface area is 284 Å². The van der Waals surface area contributed by atoms with Gasteiger partial charge in [-0.15, -0.1) is 0 Å². The number of aryl methyl sites for hydroxylation is 3. The lowest BCUT2D eigenvalue weighted by Gasteiger charge is -2.19. The molecule has 1 atom stereocenters. The molecule has 1 aliphatic heterocycles. The number of hydrogen-bond donors (Lipinski definition) is 3. The van der Waals surface area contributed by atoms with Crippen LogP contribution in [0.2, 0.25) is 0 Å². The van der Waals surface area contributed by atoms with Gasteiger partial charge in [-0.05, 0) is 37.5 Å². The number of benzene rings is 2. The van der Waals surface area contributed by atoms with E-state index in [1.807, 2.05) is 81.5 Å². The van der Waals surface area contributed by atoms with E-state index in [-0.39, 0.29) is 18.6 Å². The van der Waals surface area contributed by atoms with Crippen LogP contribution in [0.4, 0.5) is 23.4 Å². The van der Waals surface area contributed by atoms with Gasteiger partial charge in [0.25, 0.3) is 0 Å². The van der Waals surface area contributed by atoms with Crippen molar-refractivity contribution in [3.8, 4) is 17.1 Å². The highest BCUT2D eigenvalue weighted by atomic mass is 16.5. The van der Waals surface area contributed by atoms with Gasteiger partial charge in [0, 0.05) is 81.1 Å². The smallest absolute Gasteiger partial charge is 0.238 e. The number of aromatic amines is 1. The number of carbonyl (C=O) groups excluding carboxylic acids is 1. The average molecular weight is 658 g/mol. The molecule has 2 aromatic carbocycles. The Balaban J connectivity index is 0.972. The molecule has 1 fully saturated rings. The van der Waals surface area contributed by atoms with E-state index < -0.39 is 0 Å². The Morgan fingerprint density at radius 2 is 1.94 bits per heavy atom. The maximum absolute atomic E-state index is 13.3. The van der Waals surface area contributed by atoms with E-state index in [0.717, 1.165) is 46.4 Å². The fraction of sp³-hybridized carbons (Fsp3) is 0.278. The Morgan fingerprint density at radius 1 is 1.08 bits per heavy atom. The molecule has 3 N–H and O–H groups in total. The van der Waals surface area contributed by atoms with Gasteiger partial charge in [-0.3, -0.25) is 14.4 Å². The molecule has 49 heavy (non-hydrogen) atoms. The first-order valence-corrected chi connectivity index (χ1v) is 16.3. The number of aromatic nitrogens is 7. The van der Waals surface area contributed by atoms with Crippen molar-refractivity contribution in [3.63, 3.8) is 0 Å². The van der Waals surface area contributed by atoms with Gasteiger partial charge in [0.15, 0.2) is 5.82 Å². The van der Waals surface area contributed by atoms with E-state index in [1.54, 1.807) is 23.1 Å². The maximum Gasteiger partial charge on any atom is 0.238 e. The number of hydrogen-bond acceptors (Lipinski definition) is 10. The van der Waals surface area contributed by atoms with Gasteiger partial charge < -0.3 is 25.3 Å². The van der Waals surface area contributed by atoms with Crippen LogP contribution in [0.5, 0.6) is 5.88 Å². The van der Waals surface area contributed by atoms with Crippen molar-refractivity contribution in [1.82, 2.24) is 39.6 Å². The summed E-state index contributed by atoms with van der Waals surface area (Å²) in [6, 6.07) is 19.8. The summed E-state index contributed by atoms with van der Waals surface area (Å²) in [6.07, 6.45) is 6.17. The molecule has 0 saturated carbocycles. The monoisotopic (exact) mass is 657 g/mol. The first kappa shape index (κ1) is 31.8. The number of nitrogens with zero attached hydrogens (tertiary/aromatic N) is 8. The Bertz CT molecular complexity index is 2070. The third-order valence-corrected chi connectivity index (χ3v) is 8.68. The molecule has 7 rings (SSSR count). The van der Waals surface area contributed by atoms with Gasteiger partial charge in [0.1, 0.15) is 6.10 Å². The summed E-state index contributed by atoms with van der Waals surface area (Å²) in [4.78, 5) is 39.1. The van der Waals surface area contributed by atoms with Crippen molar-refractivity contribution < 1.29 is 9.53 Å². The minimum absolute atomic E-state index is 0.0680. The number of para-hydroxylation sites is 1. The lowest BCUT2D eigenvalue weighted by molar-refractivity contribution is -0.117. The standard InChI is InChI=1S/C36H39N11O2/c1-23-18-39-35(41-30-17-24(2)46(4)44-30)43-33(23)28-19-38-34-27(28)11-8-12-29(34)40-31(48)22-47-16-14-26(21-47)49-32-13-15-37-36(42-32)45(3)20-25-9-6-5-7-10-25/h5-13,15,17-19,26,38H,14,16,20-22H2,1-4H3,(H,40,48)(H,39,41,43,44)/t26-/m0/s1. The minimum Gasteiger partial charge on any atom is -0.473 e. The van der Waals surface area contributed by atoms with E-state index in [0.29, 0.717) is 42.4 Å². The highest BCUT2D eigenvalue weighted by molar-refractivity contribution is 6.06. The minimum atomic E-state index is -0.0912. The molecule has 5 heterocycles. The quantitative estimate of drug-likeness (QED) is 0.169. The second-order valence-corrected chi connectivity index (χ2v) is 12.4. The molecular formula is C36H39N11O2. The largest absolute Gasteiger partial charge is 0.473 e. The zero-order valence-corrected chi connectivity index (χ0v) is 28.0. The first-order chi connectivity index (χ1) is 23.8. The zero-order chi connectivity index (χ0) is 33.9. The Morgan fingerprint density at radius 3 is 2.76 bits per heavy atom. The van der Waals surface area contributed by atoms with Crippen molar-refractivity contribution in [2.45, 2.75) is 32.9 Å². The van der Waals surface area contributed by atoms with E-state index in [2.05, 4.69) is 52.7 Å². The molecule has 13 nitrogen and oxygen atoms in total. The number of carbonyl (C=O) groups is 1. The summed E-state index contributed by atoms with van der Waals surface area (Å²) in [7, 11) is 3.86. The second-order valence-electron chi connectivity index (χ2n) is 12.4. The molecule has 1 amide bonds. The maximum atomic E-state index is 13.3. The molecular weight excluding hydrogens is 618 g/mol. The predicted molar refractivity (Wildman–Crippen MR) is 190 cm³/mol. The van der Waals surface area contributed by atoms with Crippen molar-refractivity contribution >= 4 is 40.2 Å². The molecule has 0 spiro atoms. The summed E-state index contributed by atoms with van der Waals surface area (Å²) < 4.78 is 8.03. The normalized spacial score (nSPS) is 14.7. The van der Waals surface area contributed by atoms with Crippen molar-refractivity contribution in [3.05, 3.63) is 96.1 Å². The zero-order valence-electron chi connectivity index (χ0n) is 28.0. The SMILES string of the molecule is Cc1cnc(Nc2cc(C)n(C)n2)nc1-c1c[nH]c2c(NC(=O)CN3CC[C@H](Oc4ccnc(N(C)Cc5ccccc5)n4)C3)cccc12. The van der Waals surface area contributed by atoms with Gasteiger partial charge in [-0.2, -0.15) is 10.1 Å². The Kier molecular flexibility index (Phi) is 8.90. The molecule has 13 heteroatoms. The van der Waals surface area contributed by atoms with Crippen LogP contribution >= 0.6 is 0 Å². The summed E-state index contributed by atoms with van der Waals surface area (Å²) in [5.41, 5.74) is 6.39. The topological polar surface area (TPSA) is 142 Å². The predicted octanol–water partition coefficient (Wildman–Crippen LogP) is 5.24. The third-order valence-electron chi connectivity index (χ3n) is 8.68. The molecule has 0 radical (unpaired) electrons. The Hall–Kier alpha value is -5.82. The van der Waals surface area contributed by atoms with E-state index in [9.17, 15) is 4.79 Å². The number of anilines is 4. The fourth-order valence-corrected chi connectivity index (χ4v) is 6.08. The number of fused-ring (bicyclic) bond motifs is 1. The van der Waals surface area contributed by atoms with Crippen molar-refractivity contribution in [2.24, 2.45) is 7.05 Å². The molecule has 6 aromatic rings. The number of amides is 1. The van der Waals surface area contributed by atoms with Crippen molar-refractivity contribution in [1.29, 1.82) is 0 Å². The molecule has 0 unspecified atom stereocenters. The molecule has 250 valence electrons. The summed E-state index contributed by atoms with van der Waals surface area (Å²) >= 11 is 0. The van der Waals surface area contributed by atoms with Gasteiger partial charge >= 0.3 is 0 Å². The summed E-state index contributed by atoms with van der Waals surface area (Å²) in [6.45, 7) is 6.30. The van der Waals surface area contributed by atoms with Crippen LogP contribution in [0.25, 0.3) is 22.2 Å². The van der Waals surface area contributed by atoms with Gasteiger partial charge in [0.2, 0.25) is 23.7 Å². The molecule has 1 aliphatic rings. The number of likely N-dealkylation sites (tertiary alicyclic amines) is 1. The molecule has 4 aromatic heterocycles. The van der Waals surface area contributed by atoms with E-state index in [4.69, 9.17) is 9.72 Å². The number of nitrogens with one attached hydrogen (secondary N) is 3. The van der Waals surface area contributed by atoms with Crippen LogP contribution in [-0.4, -0.2) is 78.3 Å². The highest BCUT2D eigenvalue weighted by Gasteiger charge is 2.26. The average Bonchev–Trinajstić information content (AvgIpc) is 3.81.